The molecule has 0 aliphatic rings. The Morgan fingerprint density at radius 2 is 1.33 bits per heavy atom. The first-order chi connectivity index (χ1) is 10.2. The SMILES string of the molecule is CC/C=C/C=[C](\CO)[Sn]([CH2]CCC)([CH2]CCC)[CH2]CCC. The van der Waals surface area contributed by atoms with Gasteiger partial charge in [0.15, 0.2) is 0 Å². The molecule has 0 rings (SSSR count). The molecule has 0 fully saturated rings. The molecular weight excluding hydrogens is 363 g/mol. The first-order valence-electron chi connectivity index (χ1n) is 9.17. The average molecular weight is 401 g/mol. The van der Waals surface area contributed by atoms with Crippen molar-refractivity contribution in [3.05, 3.63) is 21.8 Å². The Hall–Kier alpha value is 0.239. The van der Waals surface area contributed by atoms with E-state index in [-0.39, 0.29) is 0 Å². The maximum absolute atomic E-state index is 10.0. The molecule has 0 aromatic rings. The third kappa shape index (κ3) is 8.44. The summed E-state index contributed by atoms with van der Waals surface area (Å²) in [6.45, 7) is 9.38. The molecule has 0 unspecified atom stereocenters. The Labute approximate surface area is 137 Å². The third-order valence-electron chi connectivity index (χ3n) is 4.55. The van der Waals surface area contributed by atoms with E-state index in [1.54, 1.807) is 0 Å². The summed E-state index contributed by atoms with van der Waals surface area (Å²) in [7, 11) is 0. The fourth-order valence-electron chi connectivity index (χ4n) is 3.12. The predicted molar refractivity (Wildman–Crippen MR) is 99.5 cm³/mol. The van der Waals surface area contributed by atoms with Crippen LogP contribution in [0.4, 0.5) is 0 Å². The van der Waals surface area contributed by atoms with Gasteiger partial charge < -0.3 is 0 Å². The second-order valence-corrected chi connectivity index (χ2v) is 19.7. The third-order valence-corrected chi connectivity index (χ3v) is 20.6. The van der Waals surface area contributed by atoms with Crippen LogP contribution in [0.1, 0.15) is 72.6 Å². The van der Waals surface area contributed by atoms with E-state index in [1.165, 1.54) is 55.4 Å². The van der Waals surface area contributed by atoms with E-state index in [0.29, 0.717) is 6.61 Å². The molecule has 124 valence electrons. The van der Waals surface area contributed by atoms with Crippen molar-refractivity contribution >= 4 is 18.4 Å². The van der Waals surface area contributed by atoms with Crippen LogP contribution in [0.15, 0.2) is 21.8 Å². The zero-order valence-corrected chi connectivity index (χ0v) is 17.8. The van der Waals surface area contributed by atoms with Crippen LogP contribution in [0.3, 0.4) is 0 Å². The van der Waals surface area contributed by atoms with E-state index in [2.05, 4.69) is 45.9 Å². The van der Waals surface area contributed by atoms with Gasteiger partial charge in [-0.15, -0.1) is 0 Å². The Kier molecular flexibility index (Phi) is 14.0. The van der Waals surface area contributed by atoms with Crippen molar-refractivity contribution in [3.8, 4) is 0 Å². The van der Waals surface area contributed by atoms with Crippen LogP contribution in [0.25, 0.3) is 0 Å². The number of unbranched alkanes of at least 4 members (excludes halogenated alkanes) is 3. The minimum atomic E-state index is -2.35. The van der Waals surface area contributed by atoms with Gasteiger partial charge in [-0.2, -0.15) is 0 Å². The number of allylic oxidation sites excluding steroid dienone is 3. The van der Waals surface area contributed by atoms with E-state index in [1.807, 2.05) is 0 Å². The van der Waals surface area contributed by atoms with Gasteiger partial charge in [0.05, 0.1) is 0 Å². The van der Waals surface area contributed by atoms with Gasteiger partial charge in [-0.3, -0.25) is 0 Å². The van der Waals surface area contributed by atoms with E-state index >= 15 is 0 Å². The topological polar surface area (TPSA) is 20.2 Å². The Bertz CT molecular complexity index is 272. The van der Waals surface area contributed by atoms with Crippen LogP contribution in [-0.2, 0) is 0 Å². The van der Waals surface area contributed by atoms with Crippen molar-refractivity contribution in [2.75, 3.05) is 6.61 Å². The summed E-state index contributed by atoms with van der Waals surface area (Å²) >= 11 is -2.35. The number of rotatable bonds is 13. The molecule has 1 N–H and O–H groups in total. The van der Waals surface area contributed by atoms with Gasteiger partial charge in [0.25, 0.3) is 0 Å². The molecule has 1 nitrogen and oxygen atoms in total. The van der Waals surface area contributed by atoms with Crippen molar-refractivity contribution in [3.63, 3.8) is 0 Å². The van der Waals surface area contributed by atoms with Crippen LogP contribution < -0.4 is 0 Å². The quantitative estimate of drug-likeness (QED) is 0.285. The molecule has 2 heteroatoms. The van der Waals surface area contributed by atoms with E-state index < -0.39 is 18.4 Å². The van der Waals surface area contributed by atoms with E-state index in [4.69, 9.17) is 0 Å². The summed E-state index contributed by atoms with van der Waals surface area (Å²) in [4.78, 5) is 0. The molecule has 0 radical (unpaired) electrons. The van der Waals surface area contributed by atoms with E-state index in [9.17, 15) is 5.11 Å². The molecule has 0 saturated heterocycles. The van der Waals surface area contributed by atoms with Gasteiger partial charge in [-0.25, -0.2) is 0 Å². The Balaban J connectivity index is 5.31. The molecule has 0 amide bonds. The van der Waals surface area contributed by atoms with Crippen molar-refractivity contribution in [1.82, 2.24) is 0 Å². The predicted octanol–water partition coefficient (Wildman–Crippen LogP) is 6.26. The van der Waals surface area contributed by atoms with E-state index in [0.717, 1.165) is 6.42 Å². The number of aliphatic hydroxyl groups excluding tert-OH is 1. The second-order valence-electron chi connectivity index (χ2n) is 6.28. The molecule has 21 heavy (non-hydrogen) atoms. The van der Waals surface area contributed by atoms with Crippen molar-refractivity contribution in [1.29, 1.82) is 0 Å². The summed E-state index contributed by atoms with van der Waals surface area (Å²) < 4.78 is 5.80. The number of aliphatic hydroxyl groups is 1. The van der Waals surface area contributed by atoms with Gasteiger partial charge in [0.1, 0.15) is 0 Å². The standard InChI is InChI=1S/C7H11O.3C4H9.Sn/c1-2-3-4-5-6-7-8;3*1-3-4-2;/h3-5,8H,2,7H2,1H3;3*1,3-4H2,2H3;/b4-3+,6-5?;;;;. The summed E-state index contributed by atoms with van der Waals surface area (Å²) in [6.07, 6.45) is 15.7. The second kappa shape index (κ2) is 13.9. The summed E-state index contributed by atoms with van der Waals surface area (Å²) in [5.41, 5.74) is 0. The van der Waals surface area contributed by atoms with Gasteiger partial charge in [0, 0.05) is 0 Å². The van der Waals surface area contributed by atoms with Crippen LogP contribution in [0.5, 0.6) is 0 Å². The molecule has 0 aliphatic carbocycles. The van der Waals surface area contributed by atoms with Gasteiger partial charge in [-0.1, -0.05) is 0 Å². The number of hydrogen-bond donors (Lipinski definition) is 1. The summed E-state index contributed by atoms with van der Waals surface area (Å²) in [5, 5.41) is 10.0. The average Bonchev–Trinajstić information content (AvgIpc) is 2.52. The first-order valence-corrected chi connectivity index (χ1v) is 16.7. The van der Waals surface area contributed by atoms with Crippen LogP contribution in [0.2, 0.25) is 13.3 Å². The summed E-state index contributed by atoms with van der Waals surface area (Å²) in [5.74, 6) is 0. The van der Waals surface area contributed by atoms with Crippen molar-refractivity contribution in [2.45, 2.75) is 86.0 Å². The number of hydrogen-bond acceptors (Lipinski definition) is 1. The molecule has 0 heterocycles. The summed E-state index contributed by atoms with van der Waals surface area (Å²) in [6, 6.07) is 0. The van der Waals surface area contributed by atoms with Crippen molar-refractivity contribution in [2.24, 2.45) is 0 Å². The molecule has 0 aliphatic heterocycles. The van der Waals surface area contributed by atoms with Crippen LogP contribution in [-0.4, -0.2) is 30.1 Å². The molecule has 0 spiro atoms. The molecule has 0 aromatic heterocycles. The Morgan fingerprint density at radius 3 is 1.67 bits per heavy atom. The molecule has 0 bridgehead atoms. The molecule has 0 saturated carbocycles. The zero-order valence-electron chi connectivity index (χ0n) is 15.0. The normalized spacial score (nSPS) is 13.3. The fourth-order valence-corrected chi connectivity index (χ4v) is 19.1. The zero-order chi connectivity index (χ0) is 16.0. The van der Waals surface area contributed by atoms with Crippen LogP contribution in [0, 0.1) is 0 Å². The van der Waals surface area contributed by atoms with Gasteiger partial charge in [0.2, 0.25) is 0 Å². The molecule has 0 atom stereocenters. The molecular formula is C19H38OSn. The minimum absolute atomic E-state index is 0.307. The van der Waals surface area contributed by atoms with Gasteiger partial charge in [-0.05, 0) is 0 Å². The van der Waals surface area contributed by atoms with Gasteiger partial charge >= 0.3 is 138 Å². The maximum atomic E-state index is 10.0. The Morgan fingerprint density at radius 1 is 0.857 bits per heavy atom. The monoisotopic (exact) mass is 402 g/mol. The fraction of sp³-hybridized carbons (Fsp3) is 0.789. The molecule has 0 aromatic carbocycles. The van der Waals surface area contributed by atoms with Crippen molar-refractivity contribution < 1.29 is 5.11 Å². The van der Waals surface area contributed by atoms with Crippen LogP contribution >= 0.6 is 0 Å². The first kappa shape index (κ1) is 21.2.